The van der Waals surface area contributed by atoms with Crippen LogP contribution >= 0.6 is 27.3 Å². The number of para-hydroxylation sites is 2. The number of amides is 1. The van der Waals surface area contributed by atoms with Crippen molar-refractivity contribution in [3.8, 4) is 11.5 Å². The number of carbonyl (C=O) groups is 1. The fourth-order valence-electron chi connectivity index (χ4n) is 4.64. The summed E-state index contributed by atoms with van der Waals surface area (Å²) < 4.78 is 27.4. The summed E-state index contributed by atoms with van der Waals surface area (Å²) in [5, 5.41) is 4.41. The summed E-state index contributed by atoms with van der Waals surface area (Å²) in [6, 6.07) is 18.8. The molecule has 5 aromatic rings. The zero-order valence-corrected chi connectivity index (χ0v) is 21.8. The zero-order chi connectivity index (χ0) is 26.0. The zero-order valence-electron chi connectivity index (χ0n) is 19.4. The summed E-state index contributed by atoms with van der Waals surface area (Å²) >= 11 is 4.58. The van der Waals surface area contributed by atoms with Gasteiger partial charge in [0.15, 0.2) is 23.4 Å². The molecular weight excluding hydrogens is 575 g/mol. The molecule has 0 N–H and O–H groups in total. The molecule has 188 valence electrons. The van der Waals surface area contributed by atoms with Crippen molar-refractivity contribution in [2.45, 2.75) is 12.6 Å². The minimum atomic E-state index is -0.566. The number of carbonyl (C=O) groups excluding carboxylic acids is 1. The molecule has 0 saturated carbocycles. The standard InChI is InChI=1S/C27H16BrFN4O4S/c28-15-7-10-18-17(11-15)22(25(34)32(18)12-14-5-8-16(29)9-6-14)23-26(35)33-27(38-23)30-24(31-33)21-13-36-19-3-1-2-4-20(19)37-21/h1-11,21H,12-13H2. The third-order valence-corrected chi connectivity index (χ3v) is 7.95. The second-order valence-electron chi connectivity index (χ2n) is 8.82. The fourth-order valence-corrected chi connectivity index (χ4v) is 6.00. The van der Waals surface area contributed by atoms with Crippen molar-refractivity contribution in [3.63, 3.8) is 0 Å². The number of nitrogens with zero attached hydrogens (tertiary/aromatic N) is 4. The lowest BCUT2D eigenvalue weighted by Gasteiger charge is -2.24. The molecule has 2 aromatic heterocycles. The van der Waals surface area contributed by atoms with E-state index in [9.17, 15) is 14.0 Å². The Labute approximate surface area is 226 Å². The maximum absolute atomic E-state index is 13.7. The largest absolute Gasteiger partial charge is 0.485 e. The Balaban J connectivity index is 1.30. The molecule has 2 aliphatic rings. The van der Waals surface area contributed by atoms with Crippen molar-refractivity contribution in [2.75, 3.05) is 11.5 Å². The summed E-state index contributed by atoms with van der Waals surface area (Å²) in [6.45, 7) is 0.447. The number of thiazole rings is 1. The van der Waals surface area contributed by atoms with Crippen LogP contribution < -0.4 is 24.5 Å². The molecule has 0 fully saturated rings. The summed E-state index contributed by atoms with van der Waals surface area (Å²) in [7, 11) is 0. The number of rotatable bonds is 3. The van der Waals surface area contributed by atoms with Gasteiger partial charge in [-0.2, -0.15) is 9.50 Å². The first-order chi connectivity index (χ1) is 18.5. The third-order valence-electron chi connectivity index (χ3n) is 6.43. The monoisotopic (exact) mass is 590 g/mol. The van der Waals surface area contributed by atoms with Gasteiger partial charge in [-0.3, -0.25) is 9.59 Å². The van der Waals surface area contributed by atoms with Crippen molar-refractivity contribution in [3.05, 3.63) is 109 Å². The van der Waals surface area contributed by atoms with E-state index in [-0.39, 0.29) is 29.4 Å². The summed E-state index contributed by atoms with van der Waals surface area (Å²) in [6.07, 6.45) is -0.566. The first-order valence-corrected chi connectivity index (χ1v) is 13.3. The van der Waals surface area contributed by atoms with Crippen molar-refractivity contribution in [1.29, 1.82) is 0 Å². The van der Waals surface area contributed by atoms with Crippen LogP contribution in [0.3, 0.4) is 0 Å². The molecule has 0 bridgehead atoms. The molecule has 8 nitrogen and oxygen atoms in total. The Hall–Kier alpha value is -4.09. The van der Waals surface area contributed by atoms with Crippen molar-refractivity contribution < 1.29 is 18.7 Å². The quantitative estimate of drug-likeness (QED) is 0.315. The second kappa shape index (κ2) is 8.74. The second-order valence-corrected chi connectivity index (χ2v) is 10.7. The van der Waals surface area contributed by atoms with Gasteiger partial charge < -0.3 is 14.4 Å². The fraction of sp³-hybridized carbons (Fsp3) is 0.111. The smallest absolute Gasteiger partial charge is 0.291 e. The van der Waals surface area contributed by atoms with Crippen molar-refractivity contribution in [2.24, 2.45) is 0 Å². The van der Waals surface area contributed by atoms with Gasteiger partial charge in [-0.15, -0.1) is 5.10 Å². The molecule has 38 heavy (non-hydrogen) atoms. The van der Waals surface area contributed by atoms with E-state index in [0.717, 1.165) is 21.4 Å². The SMILES string of the molecule is O=C1C(=c2sc3nc(C4COc5ccccc5O4)nn3c2=O)c2cc(Br)ccc2N1Cc1ccc(F)cc1. The summed E-state index contributed by atoms with van der Waals surface area (Å²) in [5.74, 6) is 0.892. The van der Waals surface area contributed by atoms with Crippen molar-refractivity contribution in [1.82, 2.24) is 14.6 Å². The molecular formula is C27H16BrFN4O4S. The highest BCUT2D eigenvalue weighted by atomic mass is 79.9. The predicted octanol–water partition coefficient (Wildman–Crippen LogP) is 4.03. The number of fused-ring (bicyclic) bond motifs is 3. The highest BCUT2D eigenvalue weighted by Crippen LogP contribution is 2.38. The van der Waals surface area contributed by atoms with Crippen LogP contribution in [0.1, 0.15) is 23.1 Å². The number of hydrogen-bond donors (Lipinski definition) is 0. The van der Waals surface area contributed by atoms with Crippen LogP contribution in [0.15, 0.2) is 76.0 Å². The number of hydrogen-bond acceptors (Lipinski definition) is 7. The van der Waals surface area contributed by atoms with Gasteiger partial charge in [-0.05, 0) is 48.0 Å². The molecule has 11 heteroatoms. The molecule has 3 aromatic carbocycles. The average Bonchev–Trinajstić information content (AvgIpc) is 3.55. The van der Waals surface area contributed by atoms with Crippen molar-refractivity contribution >= 4 is 49.4 Å². The predicted molar refractivity (Wildman–Crippen MR) is 142 cm³/mol. The van der Waals surface area contributed by atoms with Gasteiger partial charge in [0.1, 0.15) is 17.0 Å². The van der Waals surface area contributed by atoms with E-state index in [2.05, 4.69) is 26.0 Å². The molecule has 1 unspecified atom stereocenters. The van der Waals surface area contributed by atoms with E-state index >= 15 is 0 Å². The Bertz CT molecular complexity index is 1870. The highest BCUT2D eigenvalue weighted by Gasteiger charge is 2.35. The minimum absolute atomic E-state index is 0.214. The lowest BCUT2D eigenvalue weighted by atomic mass is 10.1. The maximum atomic E-state index is 13.7. The molecule has 2 aliphatic heterocycles. The topological polar surface area (TPSA) is 86.0 Å². The molecule has 1 amide bonds. The summed E-state index contributed by atoms with van der Waals surface area (Å²) in [4.78, 5) is 33.7. The van der Waals surface area contributed by atoms with E-state index in [1.807, 2.05) is 36.4 Å². The van der Waals surface area contributed by atoms with Crippen LogP contribution in [0.4, 0.5) is 10.1 Å². The molecule has 0 aliphatic carbocycles. The lowest BCUT2D eigenvalue weighted by Crippen LogP contribution is -2.32. The van der Waals surface area contributed by atoms with Gasteiger partial charge in [0.05, 0.1) is 17.8 Å². The van der Waals surface area contributed by atoms with E-state index in [0.29, 0.717) is 39.1 Å². The average molecular weight is 591 g/mol. The van der Waals surface area contributed by atoms with Crippen LogP contribution in [0.25, 0.3) is 10.5 Å². The first kappa shape index (κ1) is 23.1. The molecule has 7 rings (SSSR count). The van der Waals surface area contributed by atoms with Gasteiger partial charge >= 0.3 is 0 Å². The molecule has 0 spiro atoms. The van der Waals surface area contributed by atoms with E-state index in [1.54, 1.807) is 23.1 Å². The summed E-state index contributed by atoms with van der Waals surface area (Å²) in [5.41, 5.74) is 1.93. The van der Waals surface area contributed by atoms with E-state index in [1.165, 1.54) is 16.6 Å². The van der Waals surface area contributed by atoms with Gasteiger partial charge in [-0.25, -0.2) is 4.39 Å². The Morgan fingerprint density at radius 3 is 2.63 bits per heavy atom. The van der Waals surface area contributed by atoms with E-state index in [4.69, 9.17) is 9.47 Å². The first-order valence-electron chi connectivity index (χ1n) is 11.6. The minimum Gasteiger partial charge on any atom is -0.485 e. The number of halogens is 2. The third kappa shape index (κ3) is 3.69. The molecule has 0 saturated heterocycles. The number of anilines is 1. The number of aromatic nitrogens is 3. The number of benzene rings is 3. The lowest BCUT2D eigenvalue weighted by molar-refractivity contribution is -0.113. The van der Waals surface area contributed by atoms with Crippen LogP contribution in [0.5, 0.6) is 11.5 Å². The Morgan fingerprint density at radius 2 is 1.84 bits per heavy atom. The normalized spacial score (nSPS) is 17.8. The highest BCUT2D eigenvalue weighted by molar-refractivity contribution is 9.10. The van der Waals surface area contributed by atoms with Crippen LogP contribution in [0, 0.1) is 5.82 Å². The van der Waals surface area contributed by atoms with Gasteiger partial charge in [0, 0.05) is 10.0 Å². The number of ether oxygens (including phenoxy) is 2. The van der Waals surface area contributed by atoms with Crippen LogP contribution in [-0.4, -0.2) is 27.1 Å². The molecule has 4 heterocycles. The Morgan fingerprint density at radius 1 is 1.05 bits per heavy atom. The molecule has 1 atom stereocenters. The van der Waals surface area contributed by atoms with Gasteiger partial charge in [0.25, 0.3) is 11.5 Å². The van der Waals surface area contributed by atoms with Gasteiger partial charge in [0.2, 0.25) is 4.96 Å². The van der Waals surface area contributed by atoms with Crippen LogP contribution in [-0.2, 0) is 11.3 Å². The van der Waals surface area contributed by atoms with Gasteiger partial charge in [-0.1, -0.05) is 51.5 Å². The van der Waals surface area contributed by atoms with E-state index < -0.39 is 11.7 Å². The van der Waals surface area contributed by atoms with Crippen LogP contribution in [0.2, 0.25) is 0 Å². The maximum Gasteiger partial charge on any atom is 0.291 e. The molecule has 0 radical (unpaired) electrons. The Kier molecular flexibility index (Phi) is 5.31.